The van der Waals surface area contributed by atoms with Crippen molar-refractivity contribution in [3.8, 4) is 0 Å². The van der Waals surface area contributed by atoms with Crippen LogP contribution in [0, 0.1) is 10.1 Å². The molecule has 0 radical (unpaired) electrons. The van der Waals surface area contributed by atoms with Crippen LogP contribution in [0.15, 0.2) is 5.34 Å². The second kappa shape index (κ2) is 23.6. The van der Waals surface area contributed by atoms with Gasteiger partial charge in [0.25, 0.3) is 0 Å². The van der Waals surface area contributed by atoms with Crippen LogP contribution >= 0.6 is 13.3 Å². The van der Waals surface area contributed by atoms with Crippen molar-refractivity contribution in [1.29, 1.82) is 0 Å². The van der Waals surface area contributed by atoms with Gasteiger partial charge in [-0.15, -0.1) is 5.34 Å². The summed E-state index contributed by atoms with van der Waals surface area (Å²) in [7, 11) is 0. The number of halogens is 1. The van der Waals surface area contributed by atoms with Gasteiger partial charge >= 0.3 is 31.1 Å². The van der Waals surface area contributed by atoms with Crippen molar-refractivity contribution in [2.45, 2.75) is 0 Å². The molecule has 0 aliphatic rings. The van der Waals surface area contributed by atoms with Gasteiger partial charge in [0.2, 0.25) is 0 Å². The Labute approximate surface area is 46.7 Å². The third-order valence-corrected chi connectivity index (χ3v) is 0. The van der Waals surface area contributed by atoms with E-state index in [-0.39, 0.29) is 0 Å². The number of hydrogen-bond acceptors (Lipinski definition) is 3. The van der Waals surface area contributed by atoms with Gasteiger partial charge in [0.05, 0.1) is 0 Å². The summed E-state index contributed by atoms with van der Waals surface area (Å²) in [6.45, 7) is 0. The molecule has 0 aliphatic carbocycles. The fourth-order valence-electron chi connectivity index (χ4n) is 0. The molecule has 0 saturated carbocycles. The fraction of sp³-hybridized carbons (Fsp3) is 0. The molecule has 0 spiro atoms. The Kier molecular flexibility index (Phi) is 43.2. The second-order valence-corrected chi connectivity index (χ2v) is 0.0745. The van der Waals surface area contributed by atoms with Gasteiger partial charge in [-0.25, -0.2) is 0 Å². The van der Waals surface area contributed by atoms with E-state index in [4.69, 9.17) is 10.1 Å². The summed E-state index contributed by atoms with van der Waals surface area (Å²) < 4.78 is 0. The molecule has 35 valence electrons. The van der Waals surface area contributed by atoms with Gasteiger partial charge in [-0.1, -0.05) is 0 Å². The van der Waals surface area contributed by atoms with Crippen molar-refractivity contribution in [3.05, 3.63) is 10.1 Å². The topological polar surface area (TPSA) is 52.5 Å². The van der Waals surface area contributed by atoms with Crippen molar-refractivity contribution in [2.24, 2.45) is 5.34 Å². The SMILES string of the molecule is O=N[O-].[Br][Pt]. The van der Waals surface area contributed by atoms with Gasteiger partial charge in [0.15, 0.2) is 0 Å². The minimum atomic E-state index is 1.00. The Morgan fingerprint density at radius 1 is 1.80 bits per heavy atom. The van der Waals surface area contributed by atoms with Crippen molar-refractivity contribution in [2.75, 3.05) is 0 Å². The Morgan fingerprint density at radius 3 is 1.80 bits per heavy atom. The van der Waals surface area contributed by atoms with E-state index in [1.165, 1.54) is 0 Å². The van der Waals surface area contributed by atoms with Crippen molar-refractivity contribution >= 4 is 13.3 Å². The molecule has 0 aromatic heterocycles. The van der Waals surface area contributed by atoms with E-state index in [0.29, 0.717) is 0 Å². The van der Waals surface area contributed by atoms with Crippen LogP contribution < -0.4 is 0 Å². The third-order valence-electron chi connectivity index (χ3n) is 0. The van der Waals surface area contributed by atoms with Gasteiger partial charge in [0, 0.05) is 0 Å². The summed E-state index contributed by atoms with van der Waals surface area (Å²) in [5.74, 6) is 0. The second-order valence-electron chi connectivity index (χ2n) is 0.0745. The molecule has 0 aromatic carbocycles. The van der Waals surface area contributed by atoms with E-state index in [9.17, 15) is 0 Å². The van der Waals surface area contributed by atoms with Gasteiger partial charge in [0.1, 0.15) is 0 Å². The van der Waals surface area contributed by atoms with E-state index in [2.05, 4.69) is 13.3 Å². The molecule has 0 amide bonds. The Hall–Kier alpha value is 0.568. The Morgan fingerprint density at radius 2 is 1.80 bits per heavy atom. The van der Waals surface area contributed by atoms with Crippen LogP contribution in [0.5, 0.6) is 0 Å². The van der Waals surface area contributed by atoms with E-state index >= 15 is 0 Å². The molecule has 0 atom stereocenters. The maximum atomic E-state index is 8.00. The van der Waals surface area contributed by atoms with Crippen molar-refractivity contribution < 1.29 is 17.8 Å². The van der Waals surface area contributed by atoms with Crippen LogP contribution in [0.1, 0.15) is 0 Å². The zero-order valence-corrected chi connectivity index (χ0v) is 5.82. The molecule has 0 rings (SSSR count). The minimum absolute atomic E-state index is 1.00. The zero-order valence-electron chi connectivity index (χ0n) is 1.96. The monoisotopic (exact) mass is 320 g/mol. The van der Waals surface area contributed by atoms with Crippen LogP contribution in [0.3, 0.4) is 0 Å². The Balaban J connectivity index is 0. The average molecular weight is 321 g/mol. The van der Waals surface area contributed by atoms with Gasteiger partial charge < -0.3 is 10.1 Å². The molecule has 0 aliphatic heterocycles. The van der Waals surface area contributed by atoms with Crippen LogP contribution in [0.2, 0.25) is 0 Å². The van der Waals surface area contributed by atoms with E-state index in [1.54, 1.807) is 0 Å². The molecule has 0 saturated heterocycles. The zero-order chi connectivity index (χ0) is 4.71. The first kappa shape index (κ1) is 9.13. The first-order valence-corrected chi connectivity index (χ1v) is 5.45. The van der Waals surface area contributed by atoms with E-state index in [0.717, 1.165) is 5.34 Å². The first-order chi connectivity index (χ1) is 2.41. The molecule has 0 unspecified atom stereocenters. The fourth-order valence-corrected chi connectivity index (χ4v) is 0. The van der Waals surface area contributed by atoms with E-state index < -0.39 is 0 Å². The number of rotatable bonds is 0. The van der Waals surface area contributed by atoms with Crippen LogP contribution in [-0.2, 0) is 17.8 Å². The molecule has 5 heavy (non-hydrogen) atoms. The number of hydrogen-bond donors (Lipinski definition) is 0. The molecule has 0 bridgehead atoms. The van der Waals surface area contributed by atoms with Crippen molar-refractivity contribution in [1.82, 2.24) is 0 Å². The van der Waals surface area contributed by atoms with Crippen LogP contribution in [0.25, 0.3) is 0 Å². The normalized spacial score (nSPS) is 3.80. The summed E-state index contributed by atoms with van der Waals surface area (Å²) in [5, 5.41) is 9.00. The van der Waals surface area contributed by atoms with Crippen LogP contribution in [-0.4, -0.2) is 0 Å². The van der Waals surface area contributed by atoms with Gasteiger partial charge in [-0.05, 0) is 0 Å². The molecule has 0 fully saturated rings. The molecular formula is BrNO2Pt-. The Bertz CT molecular complexity index is 17.1. The predicted molar refractivity (Wildman–Crippen MR) is 18.1 cm³/mol. The van der Waals surface area contributed by atoms with Crippen molar-refractivity contribution in [3.63, 3.8) is 0 Å². The average Bonchev–Trinajstić information content (AvgIpc) is 1.46. The quantitative estimate of drug-likeness (QED) is 0.495. The molecule has 5 heteroatoms. The molecule has 0 heterocycles. The summed E-state index contributed by atoms with van der Waals surface area (Å²) in [4.78, 5) is 8.00. The third kappa shape index (κ3) is 93.3. The predicted octanol–water partition coefficient (Wildman–Crippen LogP) is 1.09. The summed E-state index contributed by atoms with van der Waals surface area (Å²) in [6, 6.07) is 0. The standard InChI is InChI=1S/BrH.HNO2.Pt/c;2-1-3;/h1H;(H,2,3);/q;;+1/p-2. The molecule has 0 aromatic rings. The van der Waals surface area contributed by atoms with Crippen LogP contribution in [0.4, 0.5) is 0 Å². The summed E-state index contributed by atoms with van der Waals surface area (Å²) in [5.41, 5.74) is 0. The molecular weight excluding hydrogens is 321 g/mol. The number of nitrogens with zero attached hydrogens (tertiary/aromatic N) is 1. The summed E-state index contributed by atoms with van der Waals surface area (Å²) in [6.07, 6.45) is 0. The first-order valence-electron chi connectivity index (χ1n) is 0.485. The molecule has 0 N–H and O–H groups in total. The maximum absolute atomic E-state index is 8.00. The summed E-state index contributed by atoms with van der Waals surface area (Å²) >= 11 is 4.86. The molecule has 3 nitrogen and oxygen atoms in total. The van der Waals surface area contributed by atoms with Gasteiger partial charge in [-0.3, -0.25) is 0 Å². The van der Waals surface area contributed by atoms with Gasteiger partial charge in [-0.2, -0.15) is 0 Å². The van der Waals surface area contributed by atoms with E-state index in [1.807, 2.05) is 17.8 Å².